The standard InChI is InChI=1S/C6H6BrClN4S/c7-4-1-3(13-5(4)8)2-11-12-6(9)10/h1-2H,(H4,9,10,12). The fraction of sp³-hybridized carbons (Fsp3) is 0. The van der Waals surface area contributed by atoms with Crippen molar-refractivity contribution in [3.05, 3.63) is 19.8 Å². The first-order chi connectivity index (χ1) is 6.09. The molecule has 1 aromatic rings. The Bertz CT molecular complexity index is 336. The van der Waals surface area contributed by atoms with Gasteiger partial charge in [-0.1, -0.05) is 11.6 Å². The third-order valence-corrected chi connectivity index (χ3v) is 3.43. The van der Waals surface area contributed by atoms with Crippen molar-refractivity contribution in [2.75, 3.05) is 0 Å². The van der Waals surface area contributed by atoms with Gasteiger partial charge in [0.05, 0.1) is 6.21 Å². The molecule has 0 bridgehead atoms. The Morgan fingerprint density at radius 2 is 2.31 bits per heavy atom. The SMILES string of the molecule is NC(N)=NN=Cc1cc(Br)c(Cl)s1. The third kappa shape index (κ3) is 3.33. The molecular weight excluding hydrogens is 276 g/mol. The molecule has 0 radical (unpaired) electrons. The average molecular weight is 282 g/mol. The van der Waals surface area contributed by atoms with Gasteiger partial charge in [-0.3, -0.25) is 0 Å². The van der Waals surface area contributed by atoms with Gasteiger partial charge in [-0.25, -0.2) is 0 Å². The summed E-state index contributed by atoms with van der Waals surface area (Å²) in [6.45, 7) is 0. The molecule has 0 spiro atoms. The summed E-state index contributed by atoms with van der Waals surface area (Å²) >= 11 is 10.4. The van der Waals surface area contributed by atoms with Gasteiger partial charge in [-0.05, 0) is 22.0 Å². The van der Waals surface area contributed by atoms with E-state index in [0.29, 0.717) is 4.34 Å². The van der Waals surface area contributed by atoms with Gasteiger partial charge in [0.1, 0.15) is 4.34 Å². The topological polar surface area (TPSA) is 76.8 Å². The number of hydrogen-bond donors (Lipinski definition) is 2. The number of nitrogens with zero attached hydrogens (tertiary/aromatic N) is 2. The molecule has 0 saturated carbocycles. The summed E-state index contributed by atoms with van der Waals surface area (Å²) in [5.41, 5.74) is 10.1. The van der Waals surface area contributed by atoms with E-state index in [9.17, 15) is 0 Å². The maximum absolute atomic E-state index is 5.80. The van der Waals surface area contributed by atoms with Crippen molar-refractivity contribution in [1.82, 2.24) is 0 Å². The van der Waals surface area contributed by atoms with E-state index >= 15 is 0 Å². The molecule has 0 aliphatic rings. The minimum Gasteiger partial charge on any atom is -0.369 e. The molecule has 0 saturated heterocycles. The second-order valence-electron chi connectivity index (χ2n) is 2.04. The van der Waals surface area contributed by atoms with Crippen molar-refractivity contribution in [2.24, 2.45) is 21.7 Å². The highest BCUT2D eigenvalue weighted by Crippen LogP contribution is 2.30. The molecule has 1 aromatic heterocycles. The maximum atomic E-state index is 5.80. The van der Waals surface area contributed by atoms with Crippen LogP contribution in [0, 0.1) is 0 Å². The van der Waals surface area contributed by atoms with Gasteiger partial charge in [0.25, 0.3) is 0 Å². The molecule has 7 heteroatoms. The molecule has 13 heavy (non-hydrogen) atoms. The first-order valence-electron chi connectivity index (χ1n) is 3.16. The molecule has 0 aromatic carbocycles. The predicted molar refractivity (Wildman–Crippen MR) is 60.4 cm³/mol. The Morgan fingerprint density at radius 1 is 1.62 bits per heavy atom. The number of nitrogens with two attached hydrogens (primary N) is 2. The molecule has 0 unspecified atom stereocenters. The lowest BCUT2D eigenvalue weighted by Gasteiger charge is -1.82. The fourth-order valence-electron chi connectivity index (χ4n) is 0.579. The van der Waals surface area contributed by atoms with Gasteiger partial charge in [0.15, 0.2) is 0 Å². The van der Waals surface area contributed by atoms with Crippen LogP contribution in [0.25, 0.3) is 0 Å². The van der Waals surface area contributed by atoms with Gasteiger partial charge in [-0.2, -0.15) is 5.10 Å². The summed E-state index contributed by atoms with van der Waals surface area (Å²) in [6, 6.07) is 1.83. The third-order valence-electron chi connectivity index (χ3n) is 1.02. The number of guanidine groups is 1. The predicted octanol–water partition coefficient (Wildman–Crippen LogP) is 1.77. The van der Waals surface area contributed by atoms with Crippen LogP contribution >= 0.6 is 38.9 Å². The molecule has 0 atom stereocenters. The van der Waals surface area contributed by atoms with Crippen LogP contribution in [0.2, 0.25) is 4.34 Å². The van der Waals surface area contributed by atoms with E-state index in [-0.39, 0.29) is 5.96 Å². The van der Waals surface area contributed by atoms with Crippen molar-refractivity contribution in [1.29, 1.82) is 0 Å². The number of rotatable bonds is 2. The lowest BCUT2D eigenvalue weighted by atomic mass is 10.5. The van der Waals surface area contributed by atoms with Crippen molar-refractivity contribution >= 4 is 51.0 Å². The zero-order valence-electron chi connectivity index (χ0n) is 6.37. The molecule has 1 heterocycles. The van der Waals surface area contributed by atoms with Crippen LogP contribution in [-0.2, 0) is 0 Å². The number of thiophene rings is 1. The molecular formula is C6H6BrClN4S. The van der Waals surface area contributed by atoms with Crippen LogP contribution in [0.5, 0.6) is 0 Å². The number of hydrogen-bond acceptors (Lipinski definition) is 3. The van der Waals surface area contributed by atoms with E-state index in [4.69, 9.17) is 23.1 Å². The Hall–Kier alpha value is -0.590. The van der Waals surface area contributed by atoms with Crippen molar-refractivity contribution < 1.29 is 0 Å². The van der Waals surface area contributed by atoms with Crippen LogP contribution in [0.4, 0.5) is 0 Å². The minimum atomic E-state index is -0.0713. The molecule has 4 nitrogen and oxygen atoms in total. The Morgan fingerprint density at radius 3 is 2.77 bits per heavy atom. The number of halogens is 2. The summed E-state index contributed by atoms with van der Waals surface area (Å²) in [4.78, 5) is 0.877. The van der Waals surface area contributed by atoms with Crippen molar-refractivity contribution in [2.45, 2.75) is 0 Å². The lowest BCUT2D eigenvalue weighted by Crippen LogP contribution is -2.21. The first-order valence-corrected chi connectivity index (χ1v) is 5.15. The van der Waals surface area contributed by atoms with Crippen LogP contribution in [0.15, 0.2) is 20.7 Å². The van der Waals surface area contributed by atoms with E-state index in [1.54, 1.807) is 0 Å². The smallest absolute Gasteiger partial charge is 0.211 e. The minimum absolute atomic E-state index is 0.0713. The van der Waals surface area contributed by atoms with E-state index in [1.807, 2.05) is 6.07 Å². The van der Waals surface area contributed by atoms with Crippen LogP contribution in [0.1, 0.15) is 4.88 Å². The van der Waals surface area contributed by atoms with Crippen LogP contribution in [0.3, 0.4) is 0 Å². The van der Waals surface area contributed by atoms with Crippen molar-refractivity contribution in [3.8, 4) is 0 Å². The van der Waals surface area contributed by atoms with Gasteiger partial charge >= 0.3 is 0 Å². The van der Waals surface area contributed by atoms with Gasteiger partial charge in [-0.15, -0.1) is 16.4 Å². The highest BCUT2D eigenvalue weighted by Gasteiger charge is 2.01. The highest BCUT2D eigenvalue weighted by atomic mass is 79.9. The van der Waals surface area contributed by atoms with Gasteiger partial charge in [0.2, 0.25) is 5.96 Å². The van der Waals surface area contributed by atoms with Crippen LogP contribution in [-0.4, -0.2) is 12.2 Å². The summed E-state index contributed by atoms with van der Waals surface area (Å²) < 4.78 is 1.51. The zero-order chi connectivity index (χ0) is 9.84. The summed E-state index contributed by atoms with van der Waals surface area (Å²) in [6.07, 6.45) is 1.53. The van der Waals surface area contributed by atoms with Crippen LogP contribution < -0.4 is 11.5 Å². The van der Waals surface area contributed by atoms with E-state index in [1.165, 1.54) is 17.6 Å². The maximum Gasteiger partial charge on any atom is 0.211 e. The van der Waals surface area contributed by atoms with E-state index in [0.717, 1.165) is 9.35 Å². The average Bonchev–Trinajstić information content (AvgIpc) is 2.30. The normalized spacial score (nSPS) is 10.6. The zero-order valence-corrected chi connectivity index (χ0v) is 9.53. The monoisotopic (exact) mass is 280 g/mol. The van der Waals surface area contributed by atoms with E-state index < -0.39 is 0 Å². The summed E-state index contributed by atoms with van der Waals surface area (Å²) in [5, 5.41) is 7.09. The largest absolute Gasteiger partial charge is 0.369 e. The highest BCUT2D eigenvalue weighted by molar-refractivity contribution is 9.10. The Balaban J connectivity index is 2.75. The second-order valence-corrected chi connectivity index (χ2v) is 4.58. The fourth-order valence-corrected chi connectivity index (χ4v) is 2.18. The summed E-state index contributed by atoms with van der Waals surface area (Å²) in [5.74, 6) is -0.0713. The molecule has 0 fully saturated rings. The van der Waals surface area contributed by atoms with Gasteiger partial charge < -0.3 is 11.5 Å². The first kappa shape index (κ1) is 10.5. The lowest BCUT2D eigenvalue weighted by molar-refractivity contribution is 1.22. The quantitative estimate of drug-likeness (QED) is 0.492. The molecule has 0 aliphatic heterocycles. The Labute approximate surface area is 92.4 Å². The molecule has 0 amide bonds. The second kappa shape index (κ2) is 4.59. The molecule has 4 N–H and O–H groups in total. The summed E-state index contributed by atoms with van der Waals surface area (Å²) in [7, 11) is 0. The van der Waals surface area contributed by atoms with E-state index in [2.05, 4.69) is 26.1 Å². The molecule has 70 valence electrons. The molecule has 0 aliphatic carbocycles. The Kier molecular flexibility index (Phi) is 3.71. The molecule has 1 rings (SSSR count). The van der Waals surface area contributed by atoms with Crippen molar-refractivity contribution in [3.63, 3.8) is 0 Å². The van der Waals surface area contributed by atoms with Gasteiger partial charge in [0, 0.05) is 9.35 Å².